The van der Waals surface area contributed by atoms with Crippen LogP contribution < -0.4 is 9.64 Å². The number of aliphatic hydroxyl groups excluding tert-OH is 1. The molecule has 0 saturated carbocycles. The second-order valence-corrected chi connectivity index (χ2v) is 12.8. The standard InChI is InChI=1S/C37H46N4O6/c1-4-17-40(30-16-11-18-39(25-30)36(45)46)34(43)31-22-32-33(21-27(31)2)47-37(3,26-42)35(44)41(32)20-19-38(23-28-12-7-5-8-13-28)24-29-14-9-6-10-15-29/h5-10,12-15,21-22,30,42H,4,11,16-20,23-26H2,1-3H3,(H,45,46)/t30-,37?/m1/s1. The van der Waals surface area contributed by atoms with Crippen LogP contribution in [0.15, 0.2) is 72.8 Å². The molecule has 250 valence electrons. The maximum absolute atomic E-state index is 14.2. The first-order chi connectivity index (χ1) is 22.6. The summed E-state index contributed by atoms with van der Waals surface area (Å²) in [6.07, 6.45) is 1.16. The number of anilines is 1. The molecule has 0 aliphatic carbocycles. The maximum atomic E-state index is 14.2. The van der Waals surface area contributed by atoms with Gasteiger partial charge in [0, 0.05) is 57.4 Å². The van der Waals surface area contributed by atoms with E-state index < -0.39 is 18.3 Å². The molecule has 1 unspecified atom stereocenters. The molecule has 0 spiro atoms. The summed E-state index contributed by atoms with van der Waals surface area (Å²) < 4.78 is 6.14. The van der Waals surface area contributed by atoms with Crippen LogP contribution in [0.4, 0.5) is 10.5 Å². The molecule has 10 heteroatoms. The fourth-order valence-electron chi connectivity index (χ4n) is 6.56. The number of carboxylic acid groups (broad SMARTS) is 1. The van der Waals surface area contributed by atoms with Crippen LogP contribution in [0, 0.1) is 6.92 Å². The monoisotopic (exact) mass is 642 g/mol. The average Bonchev–Trinajstić information content (AvgIpc) is 3.08. The number of hydrogen-bond donors (Lipinski definition) is 2. The first-order valence-corrected chi connectivity index (χ1v) is 16.5. The number of benzene rings is 3. The summed E-state index contributed by atoms with van der Waals surface area (Å²) in [6, 6.07) is 23.6. The molecule has 2 heterocycles. The summed E-state index contributed by atoms with van der Waals surface area (Å²) in [6.45, 7) is 8.35. The van der Waals surface area contributed by atoms with Crippen LogP contribution in [0.25, 0.3) is 0 Å². The minimum atomic E-state index is -1.47. The lowest BCUT2D eigenvalue weighted by Crippen LogP contribution is -2.57. The van der Waals surface area contributed by atoms with Crippen molar-refractivity contribution in [1.82, 2.24) is 14.7 Å². The highest BCUT2D eigenvalue weighted by atomic mass is 16.5. The lowest BCUT2D eigenvalue weighted by molar-refractivity contribution is -0.137. The minimum Gasteiger partial charge on any atom is -0.473 e. The molecule has 1 fully saturated rings. The van der Waals surface area contributed by atoms with Crippen molar-refractivity contribution in [2.45, 2.75) is 64.8 Å². The Labute approximate surface area is 277 Å². The number of likely N-dealkylation sites (tertiary alicyclic amines) is 1. The van der Waals surface area contributed by atoms with Crippen molar-refractivity contribution in [2.24, 2.45) is 0 Å². The summed E-state index contributed by atoms with van der Waals surface area (Å²) in [5, 5.41) is 19.9. The number of piperidine rings is 1. The molecule has 3 aromatic rings. The fourth-order valence-corrected chi connectivity index (χ4v) is 6.56. The minimum absolute atomic E-state index is 0.193. The van der Waals surface area contributed by atoms with E-state index in [-0.39, 0.29) is 24.4 Å². The van der Waals surface area contributed by atoms with Gasteiger partial charge in [0.25, 0.3) is 11.8 Å². The Morgan fingerprint density at radius 3 is 2.21 bits per heavy atom. The van der Waals surface area contributed by atoms with Gasteiger partial charge in [-0.25, -0.2) is 4.79 Å². The number of ether oxygens (including phenoxy) is 1. The molecular weight excluding hydrogens is 596 g/mol. The molecule has 2 N–H and O–H groups in total. The van der Waals surface area contributed by atoms with Gasteiger partial charge in [-0.15, -0.1) is 0 Å². The molecule has 3 aromatic carbocycles. The number of amides is 3. The summed E-state index contributed by atoms with van der Waals surface area (Å²) in [5.41, 5.74) is 2.46. The quantitative estimate of drug-likeness (QED) is 0.280. The number of rotatable bonds is 12. The molecule has 10 nitrogen and oxygen atoms in total. The third kappa shape index (κ3) is 7.77. The van der Waals surface area contributed by atoms with E-state index in [0.29, 0.717) is 68.3 Å². The van der Waals surface area contributed by atoms with E-state index in [9.17, 15) is 24.6 Å². The van der Waals surface area contributed by atoms with E-state index >= 15 is 0 Å². The van der Waals surface area contributed by atoms with Gasteiger partial charge >= 0.3 is 6.09 Å². The number of carbonyl (C=O) groups excluding carboxylic acids is 2. The first kappa shape index (κ1) is 33.9. The molecule has 0 bridgehead atoms. The Hall–Kier alpha value is -4.41. The third-order valence-corrected chi connectivity index (χ3v) is 9.13. The molecule has 2 aliphatic rings. The van der Waals surface area contributed by atoms with Crippen molar-refractivity contribution < 1.29 is 29.3 Å². The smallest absolute Gasteiger partial charge is 0.407 e. The van der Waals surface area contributed by atoms with Gasteiger partial charge in [-0.3, -0.25) is 14.5 Å². The lowest BCUT2D eigenvalue weighted by Gasteiger charge is -2.41. The van der Waals surface area contributed by atoms with Gasteiger partial charge in [0.2, 0.25) is 5.60 Å². The highest BCUT2D eigenvalue weighted by Crippen LogP contribution is 2.40. The average molecular weight is 643 g/mol. The van der Waals surface area contributed by atoms with E-state index in [1.54, 1.807) is 28.9 Å². The van der Waals surface area contributed by atoms with Gasteiger partial charge in [0.15, 0.2) is 0 Å². The molecule has 2 aliphatic heterocycles. The lowest BCUT2D eigenvalue weighted by atomic mass is 9.97. The van der Waals surface area contributed by atoms with E-state index in [2.05, 4.69) is 29.2 Å². The van der Waals surface area contributed by atoms with Crippen LogP contribution in [0.3, 0.4) is 0 Å². The molecule has 0 radical (unpaired) electrons. The number of fused-ring (bicyclic) bond motifs is 1. The van der Waals surface area contributed by atoms with Gasteiger partial charge in [-0.1, -0.05) is 67.6 Å². The Balaban J connectivity index is 1.46. The van der Waals surface area contributed by atoms with Crippen molar-refractivity contribution in [1.29, 1.82) is 0 Å². The molecular formula is C37H46N4O6. The van der Waals surface area contributed by atoms with Gasteiger partial charge < -0.3 is 29.6 Å². The predicted octanol–water partition coefficient (Wildman–Crippen LogP) is 5.17. The normalized spacial score (nSPS) is 19.3. The zero-order chi connectivity index (χ0) is 33.6. The topological polar surface area (TPSA) is 114 Å². The third-order valence-electron chi connectivity index (χ3n) is 9.13. The van der Waals surface area contributed by atoms with E-state index in [1.165, 1.54) is 4.90 Å². The summed E-state index contributed by atoms with van der Waals surface area (Å²) >= 11 is 0. The predicted molar refractivity (Wildman–Crippen MR) is 181 cm³/mol. The van der Waals surface area contributed by atoms with Crippen LogP contribution in [-0.4, -0.2) is 93.8 Å². The molecule has 2 atom stereocenters. The van der Waals surface area contributed by atoms with Gasteiger partial charge in [-0.05, 0) is 61.9 Å². The van der Waals surface area contributed by atoms with E-state index in [1.807, 2.05) is 50.2 Å². The van der Waals surface area contributed by atoms with Crippen LogP contribution in [-0.2, 0) is 17.9 Å². The zero-order valence-electron chi connectivity index (χ0n) is 27.6. The van der Waals surface area contributed by atoms with E-state index in [4.69, 9.17) is 4.74 Å². The van der Waals surface area contributed by atoms with Crippen LogP contribution in [0.2, 0.25) is 0 Å². The summed E-state index contributed by atoms with van der Waals surface area (Å²) in [5.74, 6) is -0.129. The van der Waals surface area contributed by atoms with E-state index in [0.717, 1.165) is 24.0 Å². The highest BCUT2D eigenvalue weighted by molar-refractivity contribution is 6.05. The molecule has 1 saturated heterocycles. The van der Waals surface area contributed by atoms with Crippen LogP contribution >= 0.6 is 0 Å². The Morgan fingerprint density at radius 1 is 1.00 bits per heavy atom. The number of aryl methyl sites for hydroxylation is 1. The number of aliphatic hydroxyl groups is 1. The molecule has 0 aromatic heterocycles. The SMILES string of the molecule is CCCN(C(=O)c1cc2c(cc1C)OC(C)(CO)C(=O)N2CCN(Cc1ccccc1)Cc1ccccc1)[C@@H]1CCCN(C(=O)O)C1. The van der Waals surface area contributed by atoms with Crippen molar-refractivity contribution >= 4 is 23.6 Å². The zero-order valence-corrected chi connectivity index (χ0v) is 27.6. The summed E-state index contributed by atoms with van der Waals surface area (Å²) in [7, 11) is 0. The Kier molecular flexibility index (Phi) is 10.8. The van der Waals surface area contributed by atoms with Crippen LogP contribution in [0.1, 0.15) is 60.2 Å². The number of carbonyl (C=O) groups is 3. The number of nitrogens with zero attached hydrogens (tertiary/aromatic N) is 4. The van der Waals surface area contributed by atoms with Crippen molar-refractivity contribution in [3.8, 4) is 5.75 Å². The Bertz CT molecular complexity index is 1510. The first-order valence-electron chi connectivity index (χ1n) is 16.5. The van der Waals surface area contributed by atoms with Gasteiger partial charge in [-0.2, -0.15) is 0 Å². The van der Waals surface area contributed by atoms with Crippen molar-refractivity contribution in [2.75, 3.05) is 44.2 Å². The second-order valence-electron chi connectivity index (χ2n) is 12.8. The van der Waals surface area contributed by atoms with Crippen molar-refractivity contribution in [3.05, 3.63) is 95.1 Å². The Morgan fingerprint density at radius 2 is 1.64 bits per heavy atom. The highest BCUT2D eigenvalue weighted by Gasteiger charge is 2.45. The maximum Gasteiger partial charge on any atom is 0.407 e. The van der Waals surface area contributed by atoms with Gasteiger partial charge in [0.05, 0.1) is 12.3 Å². The second kappa shape index (κ2) is 15.0. The molecule has 47 heavy (non-hydrogen) atoms. The van der Waals surface area contributed by atoms with Gasteiger partial charge in [0.1, 0.15) is 5.75 Å². The van der Waals surface area contributed by atoms with Crippen LogP contribution in [0.5, 0.6) is 5.75 Å². The molecule has 3 amide bonds. The molecule has 5 rings (SSSR count). The fraction of sp³-hybridized carbons (Fsp3) is 0.432. The van der Waals surface area contributed by atoms with Crippen molar-refractivity contribution in [3.63, 3.8) is 0 Å². The number of hydrogen-bond acceptors (Lipinski definition) is 6. The summed E-state index contributed by atoms with van der Waals surface area (Å²) in [4.78, 5) is 47.1. The largest absolute Gasteiger partial charge is 0.473 e.